The zero-order chi connectivity index (χ0) is 22.4. The van der Waals surface area contributed by atoms with Crippen LogP contribution in [0.4, 0.5) is 10.6 Å². The molecule has 0 radical (unpaired) electrons. The van der Waals surface area contributed by atoms with Crippen molar-refractivity contribution in [1.82, 2.24) is 15.6 Å². The fraction of sp³-hybridized carbons (Fsp3) is 0.455. The molecule has 1 saturated heterocycles. The number of hydrogen-bond acceptors (Lipinski definition) is 7. The van der Waals surface area contributed by atoms with Crippen LogP contribution in [0.3, 0.4) is 0 Å². The first-order chi connectivity index (χ1) is 14.7. The molecule has 1 aliphatic rings. The highest BCUT2D eigenvalue weighted by Crippen LogP contribution is 2.22. The Morgan fingerprint density at radius 2 is 2.19 bits per heavy atom. The molecule has 2 atom stereocenters. The molecule has 2 unspecified atom stereocenters. The van der Waals surface area contributed by atoms with Gasteiger partial charge in [0.1, 0.15) is 23.5 Å². The Kier molecular flexibility index (Phi) is 7.13. The van der Waals surface area contributed by atoms with E-state index in [0.717, 1.165) is 11.3 Å². The van der Waals surface area contributed by atoms with Crippen molar-refractivity contribution in [3.05, 3.63) is 46.3 Å². The van der Waals surface area contributed by atoms with Crippen LogP contribution in [0.15, 0.2) is 35.8 Å². The predicted octanol–water partition coefficient (Wildman–Crippen LogP) is 2.85. The Morgan fingerprint density at radius 3 is 2.87 bits per heavy atom. The van der Waals surface area contributed by atoms with Crippen LogP contribution in [0, 0.1) is 11.3 Å². The Labute approximate surface area is 186 Å². The van der Waals surface area contributed by atoms with E-state index in [1.807, 2.05) is 22.4 Å². The molecular weight excluding hydrogens is 414 g/mol. The lowest BCUT2D eigenvalue weighted by molar-refractivity contribution is -0.123. The van der Waals surface area contributed by atoms with Crippen molar-refractivity contribution < 1.29 is 14.3 Å². The lowest BCUT2D eigenvalue weighted by atomic mass is 10.1. The number of rotatable bonds is 6. The van der Waals surface area contributed by atoms with Crippen LogP contribution < -0.4 is 15.5 Å². The summed E-state index contributed by atoms with van der Waals surface area (Å²) in [4.78, 5) is 32.6. The van der Waals surface area contributed by atoms with E-state index >= 15 is 0 Å². The second-order valence-electron chi connectivity index (χ2n) is 8.41. The number of ether oxygens (including phenoxy) is 1. The third kappa shape index (κ3) is 6.43. The highest BCUT2D eigenvalue weighted by atomic mass is 32.1. The first-order valence-corrected chi connectivity index (χ1v) is 11.1. The summed E-state index contributed by atoms with van der Waals surface area (Å²) in [5, 5.41) is 17.0. The fourth-order valence-corrected chi connectivity index (χ4v) is 4.15. The summed E-state index contributed by atoms with van der Waals surface area (Å²) in [5.74, 6) is 0.372. The minimum absolute atomic E-state index is 0.104. The summed E-state index contributed by atoms with van der Waals surface area (Å²) in [7, 11) is 0. The van der Waals surface area contributed by atoms with E-state index in [0.29, 0.717) is 30.9 Å². The number of thiophene rings is 1. The van der Waals surface area contributed by atoms with E-state index < -0.39 is 17.7 Å². The topological polar surface area (TPSA) is 107 Å². The highest BCUT2D eigenvalue weighted by Gasteiger charge is 2.30. The van der Waals surface area contributed by atoms with Gasteiger partial charge >= 0.3 is 6.09 Å². The fourth-order valence-electron chi connectivity index (χ4n) is 3.40. The minimum Gasteiger partial charge on any atom is -0.444 e. The van der Waals surface area contributed by atoms with Crippen molar-refractivity contribution in [2.75, 3.05) is 18.0 Å². The average Bonchev–Trinajstić information content (AvgIpc) is 3.38. The number of alkyl carbamates (subject to hydrolysis) is 1. The first-order valence-electron chi connectivity index (χ1n) is 10.2. The maximum absolute atomic E-state index is 13.0. The summed E-state index contributed by atoms with van der Waals surface area (Å²) >= 11 is 1.53. The van der Waals surface area contributed by atoms with E-state index in [9.17, 15) is 14.9 Å². The van der Waals surface area contributed by atoms with Gasteiger partial charge in [-0.1, -0.05) is 6.07 Å². The summed E-state index contributed by atoms with van der Waals surface area (Å²) < 4.78 is 5.33. The van der Waals surface area contributed by atoms with Gasteiger partial charge in [-0.25, -0.2) is 9.78 Å². The molecule has 31 heavy (non-hydrogen) atoms. The van der Waals surface area contributed by atoms with Crippen LogP contribution in [0.25, 0.3) is 0 Å². The van der Waals surface area contributed by atoms with Crippen LogP contribution in [0.5, 0.6) is 0 Å². The molecule has 3 heterocycles. The van der Waals surface area contributed by atoms with E-state index in [1.54, 1.807) is 39.1 Å². The van der Waals surface area contributed by atoms with Crippen LogP contribution in [-0.2, 0) is 16.0 Å². The zero-order valence-corrected chi connectivity index (χ0v) is 18.7. The van der Waals surface area contributed by atoms with Crippen molar-refractivity contribution >= 4 is 29.2 Å². The summed E-state index contributed by atoms with van der Waals surface area (Å²) in [6, 6.07) is 8.62. The number of hydrogen-bond donors (Lipinski definition) is 2. The maximum Gasteiger partial charge on any atom is 0.408 e. The minimum atomic E-state index is -0.743. The number of aromatic nitrogens is 1. The Hall–Kier alpha value is -3.12. The highest BCUT2D eigenvalue weighted by molar-refractivity contribution is 7.09. The SMILES string of the molecule is CC(C)(C)OC(=O)NC(Cc1cccs1)C(=O)NC1CCN(c2ncccc2C#N)C1. The molecule has 0 bridgehead atoms. The van der Waals surface area contributed by atoms with E-state index in [4.69, 9.17) is 4.74 Å². The molecule has 2 N–H and O–H groups in total. The maximum atomic E-state index is 13.0. The number of nitrogens with zero attached hydrogens (tertiary/aromatic N) is 3. The van der Waals surface area contributed by atoms with Gasteiger partial charge in [0.15, 0.2) is 0 Å². The van der Waals surface area contributed by atoms with Gasteiger partial charge in [-0.3, -0.25) is 4.79 Å². The molecule has 1 aliphatic heterocycles. The van der Waals surface area contributed by atoms with Crippen LogP contribution in [0.1, 0.15) is 37.6 Å². The number of nitrogens with one attached hydrogen (secondary N) is 2. The monoisotopic (exact) mass is 441 g/mol. The molecule has 164 valence electrons. The van der Waals surface area contributed by atoms with Crippen molar-refractivity contribution in [3.8, 4) is 6.07 Å². The molecule has 1 fully saturated rings. The van der Waals surface area contributed by atoms with Crippen molar-refractivity contribution in [3.63, 3.8) is 0 Å². The molecule has 2 amide bonds. The summed E-state index contributed by atoms with van der Waals surface area (Å²) in [6.07, 6.45) is 2.15. The van der Waals surface area contributed by atoms with Gasteiger partial charge in [0.05, 0.1) is 5.56 Å². The molecule has 2 aromatic rings. The lowest BCUT2D eigenvalue weighted by Crippen LogP contribution is -2.52. The normalized spacial score (nSPS) is 17.0. The standard InChI is InChI=1S/C22H27N5O3S/c1-22(2,3)30-21(29)26-18(12-17-7-5-11-31-17)20(28)25-16-8-10-27(14-16)19-15(13-23)6-4-9-24-19/h4-7,9,11,16,18H,8,10,12,14H2,1-3H3,(H,25,28)(H,26,29). The predicted molar refractivity (Wildman–Crippen MR) is 119 cm³/mol. The number of nitriles is 1. The molecule has 0 spiro atoms. The van der Waals surface area contributed by atoms with Crippen molar-refractivity contribution in [1.29, 1.82) is 5.26 Å². The van der Waals surface area contributed by atoms with Gasteiger partial charge in [-0.2, -0.15) is 5.26 Å². The Bertz CT molecular complexity index is 949. The third-order valence-corrected chi connectivity index (χ3v) is 5.63. The van der Waals surface area contributed by atoms with Gasteiger partial charge in [0.25, 0.3) is 0 Å². The quantitative estimate of drug-likeness (QED) is 0.714. The van der Waals surface area contributed by atoms with Gasteiger partial charge < -0.3 is 20.3 Å². The number of carbonyl (C=O) groups excluding carboxylic acids is 2. The molecule has 9 heteroatoms. The van der Waals surface area contributed by atoms with E-state index in [2.05, 4.69) is 21.7 Å². The second-order valence-corrected chi connectivity index (χ2v) is 9.44. The third-order valence-electron chi connectivity index (χ3n) is 4.73. The van der Waals surface area contributed by atoms with Crippen molar-refractivity contribution in [2.24, 2.45) is 0 Å². The van der Waals surface area contributed by atoms with E-state index in [1.165, 1.54) is 11.3 Å². The molecule has 0 aromatic carbocycles. The molecular formula is C22H27N5O3S. The largest absolute Gasteiger partial charge is 0.444 e. The van der Waals surface area contributed by atoms with Gasteiger partial charge in [0.2, 0.25) is 5.91 Å². The number of anilines is 1. The molecule has 0 saturated carbocycles. The van der Waals surface area contributed by atoms with Crippen LogP contribution in [0.2, 0.25) is 0 Å². The van der Waals surface area contributed by atoms with E-state index in [-0.39, 0.29) is 11.9 Å². The number of amides is 2. The Balaban J connectivity index is 1.64. The van der Waals surface area contributed by atoms with Gasteiger partial charge in [-0.05, 0) is 50.8 Å². The molecule has 8 nitrogen and oxygen atoms in total. The van der Waals surface area contributed by atoms with Crippen LogP contribution >= 0.6 is 11.3 Å². The smallest absolute Gasteiger partial charge is 0.408 e. The number of carbonyl (C=O) groups is 2. The van der Waals surface area contributed by atoms with Gasteiger partial charge in [-0.15, -0.1) is 11.3 Å². The number of pyridine rings is 1. The second kappa shape index (κ2) is 9.79. The lowest BCUT2D eigenvalue weighted by Gasteiger charge is -2.24. The molecule has 0 aliphatic carbocycles. The Morgan fingerprint density at radius 1 is 1.39 bits per heavy atom. The summed E-state index contributed by atoms with van der Waals surface area (Å²) in [6.45, 7) is 6.57. The zero-order valence-electron chi connectivity index (χ0n) is 17.9. The first kappa shape index (κ1) is 22.6. The van der Waals surface area contributed by atoms with Crippen LogP contribution in [-0.4, -0.2) is 47.8 Å². The average molecular weight is 442 g/mol. The summed E-state index contributed by atoms with van der Waals surface area (Å²) in [5.41, 5.74) is -0.141. The molecule has 3 rings (SSSR count). The molecule has 2 aromatic heterocycles. The van der Waals surface area contributed by atoms with Gasteiger partial charge in [0, 0.05) is 36.6 Å². The van der Waals surface area contributed by atoms with Crippen molar-refractivity contribution in [2.45, 2.75) is 51.3 Å².